The van der Waals surface area contributed by atoms with Crippen LogP contribution in [0.15, 0.2) is 12.4 Å². The topological polar surface area (TPSA) is 67.2 Å². The van der Waals surface area contributed by atoms with Crippen LogP contribution in [0.25, 0.3) is 0 Å². The van der Waals surface area contributed by atoms with Crippen molar-refractivity contribution in [3.8, 4) is 0 Å². The monoisotopic (exact) mass is 251 g/mol. The number of nitrogens with one attached hydrogen (secondary N) is 1. The Morgan fingerprint density at radius 3 is 2.89 bits per heavy atom. The minimum Gasteiger partial charge on any atom is -0.396 e. The maximum atomic E-state index is 11.7. The van der Waals surface area contributed by atoms with Gasteiger partial charge in [-0.15, -0.1) is 0 Å². The van der Waals surface area contributed by atoms with Crippen LogP contribution in [-0.4, -0.2) is 33.7 Å². The number of carbonyl (C=O) groups is 1. The molecular formula is C13H21N3O2. The van der Waals surface area contributed by atoms with Gasteiger partial charge in [0.1, 0.15) is 5.82 Å². The molecule has 2 N–H and O–H groups in total. The van der Waals surface area contributed by atoms with Crippen LogP contribution in [0.4, 0.5) is 0 Å². The molecule has 100 valence electrons. The summed E-state index contributed by atoms with van der Waals surface area (Å²) in [5, 5.41) is 12.2. The zero-order valence-corrected chi connectivity index (χ0v) is 10.9. The molecule has 1 fully saturated rings. The van der Waals surface area contributed by atoms with Gasteiger partial charge in [-0.2, -0.15) is 0 Å². The predicted molar refractivity (Wildman–Crippen MR) is 68.0 cm³/mol. The largest absolute Gasteiger partial charge is 0.396 e. The van der Waals surface area contributed by atoms with Crippen molar-refractivity contribution in [1.29, 1.82) is 0 Å². The highest BCUT2D eigenvalue weighted by Crippen LogP contribution is 2.39. The van der Waals surface area contributed by atoms with Crippen molar-refractivity contribution in [1.82, 2.24) is 14.9 Å². The lowest BCUT2D eigenvalue weighted by atomic mass is 9.69. The van der Waals surface area contributed by atoms with Gasteiger partial charge in [-0.05, 0) is 19.8 Å². The summed E-state index contributed by atoms with van der Waals surface area (Å²) in [6.07, 6.45) is 7.27. The molecule has 0 saturated heterocycles. The standard InChI is InChI=1S/C13H21N3O2/c1-11-14-6-8-16(11)7-3-12(18)15-9-13(10-17)4-2-5-13/h6,8,17H,2-5,7,9-10H2,1H3,(H,15,18). The van der Waals surface area contributed by atoms with Crippen molar-refractivity contribution in [3.63, 3.8) is 0 Å². The number of hydrogen-bond acceptors (Lipinski definition) is 3. The Labute approximate surface area is 107 Å². The second kappa shape index (κ2) is 5.52. The van der Waals surface area contributed by atoms with Crippen molar-refractivity contribution < 1.29 is 9.90 Å². The summed E-state index contributed by atoms with van der Waals surface area (Å²) < 4.78 is 1.96. The number of aliphatic hydroxyl groups excluding tert-OH is 1. The highest BCUT2D eigenvalue weighted by atomic mass is 16.3. The molecule has 0 spiro atoms. The summed E-state index contributed by atoms with van der Waals surface area (Å²) in [7, 11) is 0. The molecule has 1 aromatic rings. The molecule has 5 heteroatoms. The fraction of sp³-hybridized carbons (Fsp3) is 0.692. The SMILES string of the molecule is Cc1nccn1CCC(=O)NCC1(CO)CCC1. The number of imidazole rings is 1. The van der Waals surface area contributed by atoms with Crippen LogP contribution in [0, 0.1) is 12.3 Å². The van der Waals surface area contributed by atoms with Crippen molar-refractivity contribution in [2.45, 2.75) is 39.2 Å². The zero-order chi connectivity index (χ0) is 13.0. The van der Waals surface area contributed by atoms with E-state index in [1.807, 2.05) is 17.7 Å². The molecule has 2 rings (SSSR count). The number of aryl methyl sites for hydroxylation is 2. The Hall–Kier alpha value is -1.36. The van der Waals surface area contributed by atoms with Gasteiger partial charge in [0.2, 0.25) is 5.91 Å². The van der Waals surface area contributed by atoms with E-state index in [1.54, 1.807) is 6.20 Å². The van der Waals surface area contributed by atoms with Crippen LogP contribution in [-0.2, 0) is 11.3 Å². The summed E-state index contributed by atoms with van der Waals surface area (Å²) >= 11 is 0. The van der Waals surface area contributed by atoms with Gasteiger partial charge >= 0.3 is 0 Å². The average Bonchev–Trinajstić information content (AvgIpc) is 2.71. The molecule has 0 aliphatic heterocycles. The second-order valence-corrected chi connectivity index (χ2v) is 5.21. The molecule has 1 heterocycles. The van der Waals surface area contributed by atoms with Crippen LogP contribution in [0.1, 0.15) is 31.5 Å². The van der Waals surface area contributed by atoms with Crippen LogP contribution < -0.4 is 5.32 Å². The number of carbonyl (C=O) groups excluding carboxylic acids is 1. The molecule has 1 aliphatic rings. The lowest BCUT2D eigenvalue weighted by molar-refractivity contribution is -0.122. The third-order valence-electron chi connectivity index (χ3n) is 3.91. The first kappa shape index (κ1) is 13.1. The molecule has 0 bridgehead atoms. The first-order chi connectivity index (χ1) is 8.65. The lowest BCUT2D eigenvalue weighted by Crippen LogP contribution is -2.44. The summed E-state index contributed by atoms with van der Waals surface area (Å²) in [6, 6.07) is 0. The van der Waals surface area contributed by atoms with Crippen molar-refractivity contribution in [3.05, 3.63) is 18.2 Å². The van der Waals surface area contributed by atoms with Gasteiger partial charge < -0.3 is 15.0 Å². The fourth-order valence-corrected chi connectivity index (χ4v) is 2.30. The fourth-order valence-electron chi connectivity index (χ4n) is 2.30. The molecule has 0 unspecified atom stereocenters. The molecular weight excluding hydrogens is 230 g/mol. The Morgan fingerprint density at radius 1 is 1.61 bits per heavy atom. The Balaban J connectivity index is 1.71. The maximum Gasteiger partial charge on any atom is 0.221 e. The maximum absolute atomic E-state index is 11.7. The van der Waals surface area contributed by atoms with Gasteiger partial charge in [-0.25, -0.2) is 4.98 Å². The smallest absolute Gasteiger partial charge is 0.221 e. The number of amides is 1. The Kier molecular flexibility index (Phi) is 4.01. The first-order valence-corrected chi connectivity index (χ1v) is 6.50. The van der Waals surface area contributed by atoms with Gasteiger partial charge in [0.25, 0.3) is 0 Å². The minimum atomic E-state index is -0.0411. The molecule has 0 atom stereocenters. The van der Waals surface area contributed by atoms with E-state index in [-0.39, 0.29) is 17.9 Å². The van der Waals surface area contributed by atoms with Gasteiger partial charge in [-0.3, -0.25) is 4.79 Å². The Morgan fingerprint density at radius 2 is 2.39 bits per heavy atom. The van der Waals surface area contributed by atoms with E-state index < -0.39 is 0 Å². The molecule has 1 amide bonds. The highest BCUT2D eigenvalue weighted by Gasteiger charge is 2.36. The van der Waals surface area contributed by atoms with Crippen LogP contribution in [0.2, 0.25) is 0 Å². The Bertz CT molecular complexity index is 405. The number of aromatic nitrogens is 2. The minimum absolute atomic E-state index is 0.0411. The van der Waals surface area contributed by atoms with E-state index in [2.05, 4.69) is 10.3 Å². The number of aliphatic hydroxyl groups is 1. The van der Waals surface area contributed by atoms with Crippen molar-refractivity contribution in [2.75, 3.05) is 13.2 Å². The second-order valence-electron chi connectivity index (χ2n) is 5.21. The number of hydrogen-bond donors (Lipinski definition) is 2. The predicted octanol–water partition coefficient (Wildman–Crippen LogP) is 0.860. The van der Waals surface area contributed by atoms with Crippen LogP contribution >= 0.6 is 0 Å². The van der Waals surface area contributed by atoms with Crippen LogP contribution in [0.3, 0.4) is 0 Å². The van der Waals surface area contributed by atoms with E-state index >= 15 is 0 Å². The van der Waals surface area contributed by atoms with E-state index in [4.69, 9.17) is 0 Å². The number of nitrogens with zero attached hydrogens (tertiary/aromatic N) is 2. The van der Waals surface area contributed by atoms with Crippen molar-refractivity contribution >= 4 is 5.91 Å². The molecule has 0 aromatic carbocycles. The van der Waals surface area contributed by atoms with Gasteiger partial charge in [0.05, 0.1) is 6.61 Å². The van der Waals surface area contributed by atoms with Gasteiger partial charge in [-0.1, -0.05) is 6.42 Å². The quantitative estimate of drug-likeness (QED) is 0.788. The summed E-state index contributed by atoms with van der Waals surface area (Å²) in [5.41, 5.74) is -0.0411. The highest BCUT2D eigenvalue weighted by molar-refractivity contribution is 5.75. The zero-order valence-electron chi connectivity index (χ0n) is 10.9. The normalized spacial score (nSPS) is 17.2. The molecule has 1 aliphatic carbocycles. The number of rotatable bonds is 6. The summed E-state index contributed by atoms with van der Waals surface area (Å²) in [6.45, 7) is 3.36. The molecule has 18 heavy (non-hydrogen) atoms. The van der Waals surface area contributed by atoms with Crippen molar-refractivity contribution in [2.24, 2.45) is 5.41 Å². The van der Waals surface area contributed by atoms with Crippen LogP contribution in [0.5, 0.6) is 0 Å². The molecule has 1 saturated carbocycles. The third-order valence-corrected chi connectivity index (χ3v) is 3.91. The summed E-state index contributed by atoms with van der Waals surface area (Å²) in [5.74, 6) is 0.969. The van der Waals surface area contributed by atoms with Gasteiger partial charge in [0.15, 0.2) is 0 Å². The average molecular weight is 251 g/mol. The molecule has 0 radical (unpaired) electrons. The van der Waals surface area contributed by atoms with E-state index in [0.29, 0.717) is 19.5 Å². The lowest BCUT2D eigenvalue weighted by Gasteiger charge is -2.40. The van der Waals surface area contributed by atoms with E-state index in [0.717, 1.165) is 25.1 Å². The first-order valence-electron chi connectivity index (χ1n) is 6.50. The van der Waals surface area contributed by atoms with E-state index in [1.165, 1.54) is 0 Å². The van der Waals surface area contributed by atoms with E-state index in [9.17, 15) is 9.90 Å². The third kappa shape index (κ3) is 2.90. The molecule has 5 nitrogen and oxygen atoms in total. The molecule has 1 aromatic heterocycles. The summed E-state index contributed by atoms with van der Waals surface area (Å²) in [4.78, 5) is 15.8. The van der Waals surface area contributed by atoms with Gasteiger partial charge in [0, 0.05) is 37.3 Å².